The highest BCUT2D eigenvalue weighted by Crippen LogP contribution is 2.35. The molecular weight excluding hydrogens is 604 g/mol. The van der Waals surface area contributed by atoms with E-state index in [-0.39, 0.29) is 24.3 Å². The average Bonchev–Trinajstić information content (AvgIpc) is 3.68. The Morgan fingerprint density at radius 2 is 1.61 bits per heavy atom. The molecule has 0 N–H and O–H groups in total. The molecule has 2 aromatic heterocycles. The molecule has 5 aromatic rings. The van der Waals surface area contributed by atoms with E-state index in [1.54, 1.807) is 69.5 Å². The highest BCUT2D eigenvalue weighted by atomic mass is 32.1. The van der Waals surface area contributed by atoms with Gasteiger partial charge in [-0.15, -0.1) is 0 Å². The first kappa shape index (κ1) is 30.5. The van der Waals surface area contributed by atoms with E-state index in [0.717, 1.165) is 5.56 Å². The number of carbonyl (C=O) groups excluding carboxylic acids is 2. The largest absolute Gasteiger partial charge is 0.497 e. The van der Waals surface area contributed by atoms with Gasteiger partial charge in [-0.25, -0.2) is 14.6 Å². The maximum absolute atomic E-state index is 14.1. The number of benzene rings is 3. The molecule has 6 rings (SSSR count). The Hall–Kier alpha value is -5.48. The quantitative estimate of drug-likeness (QED) is 0.200. The Kier molecular flexibility index (Phi) is 8.80. The number of hydrogen-bond donors (Lipinski definition) is 0. The molecule has 0 amide bonds. The lowest BCUT2D eigenvalue weighted by Gasteiger charge is -2.26. The summed E-state index contributed by atoms with van der Waals surface area (Å²) in [6, 6.07) is 26.3. The summed E-state index contributed by atoms with van der Waals surface area (Å²) < 4.78 is 24.0. The summed E-state index contributed by atoms with van der Waals surface area (Å²) in [6.07, 6.45) is 1.66. The molecule has 0 saturated carbocycles. The number of thiazole rings is 1. The fraction of sp³-hybridized carbons (Fsp3) is 0.167. The molecule has 0 radical (unpaired) electrons. The highest BCUT2D eigenvalue weighted by Gasteiger charge is 2.35. The molecule has 9 nitrogen and oxygen atoms in total. The van der Waals surface area contributed by atoms with Gasteiger partial charge in [-0.05, 0) is 55.8 Å². The van der Waals surface area contributed by atoms with Crippen molar-refractivity contribution in [2.24, 2.45) is 4.99 Å². The Bertz CT molecular complexity index is 2120. The topological polar surface area (TPSA) is 109 Å². The zero-order valence-electron chi connectivity index (χ0n) is 25.4. The van der Waals surface area contributed by atoms with Crippen LogP contribution in [0.4, 0.5) is 0 Å². The van der Waals surface area contributed by atoms with Crippen molar-refractivity contribution < 1.29 is 28.2 Å². The molecule has 0 spiro atoms. The van der Waals surface area contributed by atoms with Crippen LogP contribution in [0.2, 0.25) is 0 Å². The molecule has 1 aliphatic rings. The number of methoxy groups -OCH3 is 1. The molecule has 3 aromatic carbocycles. The smallest absolute Gasteiger partial charge is 0.338 e. The van der Waals surface area contributed by atoms with Crippen LogP contribution in [-0.4, -0.2) is 36.8 Å². The monoisotopic (exact) mass is 634 g/mol. The molecule has 232 valence electrons. The standard InChI is InChI=1S/C36H30N2O7S/c1-4-43-34(40)25-13-9-12-24(20-25)28-19-18-27(45-28)21-29-33(39)38-32(23-14-16-26(42-3)17-15-23)30(35(41)44-5-2)31(37-36(38)46-29)22-10-7-6-8-11-22/h6-21,32H,4-5H2,1-3H3/b29-21-/t32-/m1/s1. The number of nitrogens with zero attached hydrogens (tertiary/aromatic N) is 2. The van der Waals surface area contributed by atoms with Crippen LogP contribution in [0, 0.1) is 0 Å². The first-order valence-corrected chi connectivity index (χ1v) is 15.5. The van der Waals surface area contributed by atoms with E-state index in [4.69, 9.17) is 23.6 Å². The van der Waals surface area contributed by atoms with Gasteiger partial charge in [0.15, 0.2) is 4.80 Å². The van der Waals surface area contributed by atoms with Crippen molar-refractivity contribution in [3.05, 3.63) is 139 Å². The van der Waals surface area contributed by atoms with E-state index in [1.165, 1.54) is 15.9 Å². The first-order valence-electron chi connectivity index (χ1n) is 14.7. The Morgan fingerprint density at radius 3 is 2.33 bits per heavy atom. The second kappa shape index (κ2) is 13.3. The van der Waals surface area contributed by atoms with Gasteiger partial charge in [-0.3, -0.25) is 9.36 Å². The van der Waals surface area contributed by atoms with Gasteiger partial charge in [0.25, 0.3) is 5.56 Å². The Labute approximate surface area is 268 Å². The lowest BCUT2D eigenvalue weighted by atomic mass is 9.93. The summed E-state index contributed by atoms with van der Waals surface area (Å²) in [5, 5.41) is 0. The first-order chi connectivity index (χ1) is 22.4. The Morgan fingerprint density at radius 1 is 0.891 bits per heavy atom. The van der Waals surface area contributed by atoms with Gasteiger partial charge in [0.2, 0.25) is 0 Å². The van der Waals surface area contributed by atoms with E-state index < -0.39 is 18.0 Å². The number of esters is 2. The molecular formula is C36H30N2O7S. The molecule has 1 aliphatic heterocycles. The predicted octanol–water partition coefficient (Wildman–Crippen LogP) is 5.38. The summed E-state index contributed by atoms with van der Waals surface area (Å²) in [4.78, 5) is 45.3. The number of furan rings is 1. The number of rotatable bonds is 9. The minimum atomic E-state index is -0.809. The van der Waals surface area contributed by atoms with Gasteiger partial charge in [0.05, 0.1) is 47.7 Å². The van der Waals surface area contributed by atoms with Crippen LogP contribution < -0.4 is 19.6 Å². The van der Waals surface area contributed by atoms with Crippen molar-refractivity contribution in [3.8, 4) is 17.1 Å². The molecule has 0 aliphatic carbocycles. The van der Waals surface area contributed by atoms with Crippen LogP contribution in [0.25, 0.3) is 23.1 Å². The average molecular weight is 635 g/mol. The van der Waals surface area contributed by atoms with Crippen LogP contribution in [-0.2, 0) is 14.3 Å². The number of hydrogen-bond acceptors (Lipinski definition) is 9. The van der Waals surface area contributed by atoms with E-state index in [9.17, 15) is 14.4 Å². The van der Waals surface area contributed by atoms with Crippen LogP contribution in [0.15, 0.2) is 111 Å². The summed E-state index contributed by atoms with van der Waals surface area (Å²) in [6.45, 7) is 3.93. The lowest BCUT2D eigenvalue weighted by Crippen LogP contribution is -2.40. The second-order valence-corrected chi connectivity index (χ2v) is 11.2. The summed E-state index contributed by atoms with van der Waals surface area (Å²) in [5.74, 6) is 0.636. The maximum atomic E-state index is 14.1. The molecule has 0 bridgehead atoms. The lowest BCUT2D eigenvalue weighted by molar-refractivity contribution is -0.138. The third kappa shape index (κ3) is 5.94. The van der Waals surface area contributed by atoms with Gasteiger partial charge in [-0.2, -0.15) is 0 Å². The van der Waals surface area contributed by atoms with Crippen LogP contribution in [0.3, 0.4) is 0 Å². The second-order valence-electron chi connectivity index (χ2n) is 10.2. The van der Waals surface area contributed by atoms with Gasteiger partial charge >= 0.3 is 11.9 Å². The molecule has 3 heterocycles. The van der Waals surface area contributed by atoms with Crippen molar-refractivity contribution in [3.63, 3.8) is 0 Å². The van der Waals surface area contributed by atoms with Crippen molar-refractivity contribution >= 4 is 35.0 Å². The van der Waals surface area contributed by atoms with Gasteiger partial charge in [0, 0.05) is 17.2 Å². The molecule has 46 heavy (non-hydrogen) atoms. The van der Waals surface area contributed by atoms with Gasteiger partial charge in [-0.1, -0.05) is 65.9 Å². The minimum Gasteiger partial charge on any atom is -0.497 e. The van der Waals surface area contributed by atoms with Crippen LogP contribution in [0.1, 0.15) is 47.1 Å². The fourth-order valence-electron chi connectivity index (χ4n) is 5.27. The van der Waals surface area contributed by atoms with Crippen molar-refractivity contribution in [2.75, 3.05) is 20.3 Å². The molecule has 0 fully saturated rings. The van der Waals surface area contributed by atoms with Crippen molar-refractivity contribution in [1.82, 2.24) is 4.57 Å². The third-order valence-electron chi connectivity index (χ3n) is 7.36. The molecule has 0 saturated heterocycles. The maximum Gasteiger partial charge on any atom is 0.338 e. The predicted molar refractivity (Wildman–Crippen MR) is 174 cm³/mol. The zero-order valence-corrected chi connectivity index (χ0v) is 26.2. The highest BCUT2D eigenvalue weighted by molar-refractivity contribution is 7.07. The van der Waals surface area contributed by atoms with Gasteiger partial charge < -0.3 is 18.6 Å². The Balaban J connectivity index is 1.50. The molecule has 1 atom stereocenters. The number of fused-ring (bicyclic) bond motifs is 1. The number of carbonyl (C=O) groups is 2. The van der Waals surface area contributed by atoms with Crippen LogP contribution in [0.5, 0.6) is 5.75 Å². The van der Waals surface area contributed by atoms with E-state index >= 15 is 0 Å². The van der Waals surface area contributed by atoms with Crippen LogP contribution >= 0.6 is 11.3 Å². The summed E-state index contributed by atoms with van der Waals surface area (Å²) in [5.41, 5.74) is 2.90. The summed E-state index contributed by atoms with van der Waals surface area (Å²) in [7, 11) is 1.58. The number of ether oxygens (including phenoxy) is 3. The molecule has 0 unspecified atom stereocenters. The molecule has 10 heteroatoms. The van der Waals surface area contributed by atoms with Gasteiger partial charge in [0.1, 0.15) is 17.3 Å². The fourth-order valence-corrected chi connectivity index (χ4v) is 6.25. The SMILES string of the molecule is CCOC(=O)C1=C(c2ccccc2)N=c2s/c(=C\c3ccc(-c4cccc(C(=O)OCC)c4)o3)c(=O)n2[C@@H]1c1ccc(OC)cc1. The van der Waals surface area contributed by atoms with E-state index in [0.29, 0.717) is 49.0 Å². The minimum absolute atomic E-state index is 0.160. The normalized spacial score (nSPS) is 14.4. The third-order valence-corrected chi connectivity index (χ3v) is 8.35. The summed E-state index contributed by atoms with van der Waals surface area (Å²) >= 11 is 1.20. The number of aromatic nitrogens is 1. The van der Waals surface area contributed by atoms with Crippen molar-refractivity contribution in [1.29, 1.82) is 0 Å². The zero-order chi connectivity index (χ0) is 32.2. The van der Waals surface area contributed by atoms with Crippen molar-refractivity contribution in [2.45, 2.75) is 19.9 Å². The van der Waals surface area contributed by atoms with E-state index in [2.05, 4.69) is 0 Å². The van der Waals surface area contributed by atoms with E-state index in [1.807, 2.05) is 48.5 Å².